The zero-order valence-electron chi connectivity index (χ0n) is 10.8. The van der Waals surface area contributed by atoms with Crippen LogP contribution in [-0.2, 0) is 7.05 Å². The van der Waals surface area contributed by atoms with E-state index in [2.05, 4.69) is 38.5 Å². The van der Waals surface area contributed by atoms with Crippen molar-refractivity contribution in [2.75, 3.05) is 6.54 Å². The van der Waals surface area contributed by atoms with E-state index >= 15 is 0 Å². The average molecular weight is 313 g/mol. The second-order valence-electron chi connectivity index (χ2n) is 4.22. The van der Waals surface area contributed by atoms with Crippen LogP contribution >= 0.6 is 15.9 Å². The maximum absolute atomic E-state index is 5.72. The van der Waals surface area contributed by atoms with Gasteiger partial charge in [0.1, 0.15) is 17.6 Å². The molecule has 2 aromatic rings. The fraction of sp³-hybridized carbons (Fsp3) is 0.500. The molecule has 1 unspecified atom stereocenters. The molecule has 0 amide bonds. The van der Waals surface area contributed by atoms with Crippen molar-refractivity contribution in [2.45, 2.75) is 26.3 Å². The molecule has 0 radical (unpaired) electrons. The second kappa shape index (κ2) is 5.67. The highest BCUT2D eigenvalue weighted by molar-refractivity contribution is 9.10. The number of aromatic nitrogens is 3. The number of rotatable bonds is 5. The van der Waals surface area contributed by atoms with Gasteiger partial charge in [0, 0.05) is 7.05 Å². The molecule has 6 heteroatoms. The zero-order valence-corrected chi connectivity index (χ0v) is 12.4. The Labute approximate surface area is 115 Å². The predicted octanol–water partition coefficient (Wildman–Crippen LogP) is 2.57. The van der Waals surface area contributed by atoms with Crippen LogP contribution in [0.2, 0.25) is 0 Å². The number of nitrogens with zero attached hydrogens (tertiary/aromatic N) is 3. The monoisotopic (exact) mass is 312 g/mol. The number of hydrogen-bond donors (Lipinski definition) is 1. The summed E-state index contributed by atoms with van der Waals surface area (Å²) in [5.74, 6) is 1.78. The van der Waals surface area contributed by atoms with Gasteiger partial charge in [0.25, 0.3) is 0 Å². The smallest absolute Gasteiger partial charge is 0.153 e. The molecule has 0 bridgehead atoms. The summed E-state index contributed by atoms with van der Waals surface area (Å²) in [7, 11) is 1.88. The maximum atomic E-state index is 5.72. The Balaban J connectivity index is 2.36. The van der Waals surface area contributed by atoms with E-state index in [1.165, 1.54) is 0 Å². The van der Waals surface area contributed by atoms with Gasteiger partial charge in [0.15, 0.2) is 4.60 Å². The number of halogens is 1. The minimum Gasteiger partial charge on any atom is -0.464 e. The summed E-state index contributed by atoms with van der Waals surface area (Å²) in [5, 5.41) is 11.5. The highest BCUT2D eigenvalue weighted by Crippen LogP contribution is 2.27. The van der Waals surface area contributed by atoms with Crippen molar-refractivity contribution in [2.24, 2.45) is 7.05 Å². The summed E-state index contributed by atoms with van der Waals surface area (Å²) < 4.78 is 8.23. The fourth-order valence-electron chi connectivity index (χ4n) is 1.87. The lowest BCUT2D eigenvalue weighted by atomic mass is 10.1. The highest BCUT2D eigenvalue weighted by atomic mass is 79.9. The number of nitrogens with one attached hydrogen (secondary N) is 1. The Hall–Kier alpha value is -1.14. The summed E-state index contributed by atoms with van der Waals surface area (Å²) in [4.78, 5) is 0. The third-order valence-electron chi connectivity index (χ3n) is 2.74. The Morgan fingerprint density at radius 2 is 2.28 bits per heavy atom. The standard InChI is InChI=1S/C12H17BrN4O/c1-4-7-14-10(9-6-5-8(2)18-9)11-12(13)15-16-17(11)3/h5-6,10,14H,4,7H2,1-3H3. The van der Waals surface area contributed by atoms with E-state index in [1.807, 2.05) is 26.1 Å². The van der Waals surface area contributed by atoms with Crippen molar-refractivity contribution in [3.05, 3.63) is 34.0 Å². The third-order valence-corrected chi connectivity index (χ3v) is 3.31. The first-order valence-corrected chi connectivity index (χ1v) is 6.77. The Morgan fingerprint density at radius 3 is 2.78 bits per heavy atom. The molecular weight excluding hydrogens is 296 g/mol. The molecule has 0 aromatic carbocycles. The van der Waals surface area contributed by atoms with Crippen molar-refractivity contribution >= 4 is 15.9 Å². The first-order valence-electron chi connectivity index (χ1n) is 5.98. The molecule has 18 heavy (non-hydrogen) atoms. The van der Waals surface area contributed by atoms with Gasteiger partial charge in [-0.25, -0.2) is 4.68 Å². The summed E-state index contributed by atoms with van der Waals surface area (Å²) in [5.41, 5.74) is 0.970. The molecule has 0 aliphatic carbocycles. The third kappa shape index (κ3) is 2.64. The number of furan rings is 1. The van der Waals surface area contributed by atoms with Crippen molar-refractivity contribution in [3.63, 3.8) is 0 Å². The topological polar surface area (TPSA) is 55.9 Å². The van der Waals surface area contributed by atoms with Crippen molar-refractivity contribution < 1.29 is 4.42 Å². The van der Waals surface area contributed by atoms with Crippen LogP contribution in [0.25, 0.3) is 0 Å². The lowest BCUT2D eigenvalue weighted by Crippen LogP contribution is -2.25. The van der Waals surface area contributed by atoms with Crippen LogP contribution in [0.3, 0.4) is 0 Å². The minimum absolute atomic E-state index is 0.0342. The Morgan fingerprint density at radius 1 is 1.50 bits per heavy atom. The van der Waals surface area contributed by atoms with Crippen LogP contribution in [0, 0.1) is 6.92 Å². The summed E-state index contributed by atoms with van der Waals surface area (Å²) >= 11 is 3.44. The van der Waals surface area contributed by atoms with Gasteiger partial charge in [0.05, 0.1) is 5.69 Å². The maximum Gasteiger partial charge on any atom is 0.153 e. The molecule has 1 atom stereocenters. The summed E-state index contributed by atoms with van der Waals surface area (Å²) in [6.07, 6.45) is 1.05. The number of aryl methyl sites for hydroxylation is 2. The molecule has 2 rings (SSSR count). The lowest BCUT2D eigenvalue weighted by Gasteiger charge is -2.16. The van der Waals surface area contributed by atoms with E-state index in [0.29, 0.717) is 0 Å². The molecule has 0 saturated heterocycles. The van der Waals surface area contributed by atoms with Crippen LogP contribution in [-0.4, -0.2) is 21.5 Å². The minimum atomic E-state index is -0.0342. The molecule has 2 heterocycles. The van der Waals surface area contributed by atoms with E-state index in [9.17, 15) is 0 Å². The summed E-state index contributed by atoms with van der Waals surface area (Å²) in [6, 6.07) is 3.92. The normalized spacial score (nSPS) is 12.9. The molecule has 1 N–H and O–H groups in total. The first kappa shape index (κ1) is 13.3. The molecule has 0 saturated carbocycles. The first-order chi connectivity index (χ1) is 8.63. The molecule has 2 aromatic heterocycles. The summed E-state index contributed by atoms with van der Waals surface area (Å²) in [6.45, 7) is 4.98. The molecule has 0 spiro atoms. The SMILES string of the molecule is CCCNC(c1ccc(C)o1)c1c(Br)nnn1C. The molecular formula is C12H17BrN4O. The number of hydrogen-bond acceptors (Lipinski definition) is 4. The molecule has 0 fully saturated rings. The molecule has 5 nitrogen and oxygen atoms in total. The van der Waals surface area contributed by atoms with E-state index in [4.69, 9.17) is 4.42 Å². The van der Waals surface area contributed by atoms with Crippen molar-refractivity contribution in [3.8, 4) is 0 Å². The largest absolute Gasteiger partial charge is 0.464 e. The van der Waals surface area contributed by atoms with Gasteiger partial charge < -0.3 is 9.73 Å². The van der Waals surface area contributed by atoms with Gasteiger partial charge in [-0.3, -0.25) is 0 Å². The fourth-order valence-corrected chi connectivity index (χ4v) is 2.43. The Kier molecular flexibility index (Phi) is 4.19. The molecule has 0 aliphatic rings. The van der Waals surface area contributed by atoms with E-state index < -0.39 is 0 Å². The van der Waals surface area contributed by atoms with Crippen LogP contribution in [0.5, 0.6) is 0 Å². The predicted molar refractivity (Wildman–Crippen MR) is 72.3 cm³/mol. The van der Waals surface area contributed by atoms with E-state index in [-0.39, 0.29) is 6.04 Å². The van der Waals surface area contributed by atoms with E-state index in [0.717, 1.165) is 34.8 Å². The van der Waals surface area contributed by atoms with Gasteiger partial charge in [0.2, 0.25) is 0 Å². The van der Waals surface area contributed by atoms with Gasteiger partial charge in [-0.1, -0.05) is 12.1 Å². The van der Waals surface area contributed by atoms with Crippen molar-refractivity contribution in [1.82, 2.24) is 20.3 Å². The average Bonchev–Trinajstić information content (AvgIpc) is 2.90. The molecule has 0 aliphatic heterocycles. The highest BCUT2D eigenvalue weighted by Gasteiger charge is 2.23. The quantitative estimate of drug-likeness (QED) is 0.922. The van der Waals surface area contributed by atoms with Gasteiger partial charge >= 0.3 is 0 Å². The van der Waals surface area contributed by atoms with Gasteiger partial charge in [-0.15, -0.1) is 5.10 Å². The van der Waals surface area contributed by atoms with Crippen molar-refractivity contribution in [1.29, 1.82) is 0 Å². The van der Waals surface area contributed by atoms with E-state index in [1.54, 1.807) is 4.68 Å². The lowest BCUT2D eigenvalue weighted by molar-refractivity contribution is 0.417. The van der Waals surface area contributed by atoms with Gasteiger partial charge in [-0.05, 0) is 48.0 Å². The van der Waals surface area contributed by atoms with Crippen LogP contribution in [0.1, 0.15) is 36.6 Å². The van der Waals surface area contributed by atoms with Crippen LogP contribution in [0.4, 0.5) is 0 Å². The Bertz CT molecular complexity index is 500. The molecule has 98 valence electrons. The van der Waals surface area contributed by atoms with Gasteiger partial charge in [-0.2, -0.15) is 0 Å². The van der Waals surface area contributed by atoms with Crippen LogP contribution < -0.4 is 5.32 Å². The second-order valence-corrected chi connectivity index (χ2v) is 4.98. The van der Waals surface area contributed by atoms with Crippen LogP contribution in [0.15, 0.2) is 21.2 Å². The zero-order chi connectivity index (χ0) is 13.1.